The first-order chi connectivity index (χ1) is 12.1. The Bertz CT molecular complexity index is 745. The first-order valence-electron chi connectivity index (χ1n) is 8.88. The molecule has 0 unspecified atom stereocenters. The Morgan fingerprint density at radius 1 is 1.24 bits per heavy atom. The number of hydrogen-bond acceptors (Lipinski definition) is 5. The van der Waals surface area contributed by atoms with Gasteiger partial charge in [0.15, 0.2) is 0 Å². The number of imidazole rings is 1. The predicted molar refractivity (Wildman–Crippen MR) is 94.0 cm³/mol. The third kappa shape index (κ3) is 2.99. The molecule has 25 heavy (non-hydrogen) atoms. The van der Waals surface area contributed by atoms with Gasteiger partial charge in [0.25, 0.3) is 0 Å². The Morgan fingerprint density at radius 2 is 2.12 bits per heavy atom. The van der Waals surface area contributed by atoms with Crippen molar-refractivity contribution in [3.05, 3.63) is 36.8 Å². The van der Waals surface area contributed by atoms with Crippen molar-refractivity contribution in [2.24, 2.45) is 11.8 Å². The van der Waals surface area contributed by atoms with Gasteiger partial charge >= 0.3 is 0 Å². The van der Waals surface area contributed by atoms with Gasteiger partial charge in [-0.2, -0.15) is 0 Å². The van der Waals surface area contributed by atoms with Crippen molar-refractivity contribution in [3.8, 4) is 0 Å². The molecule has 3 heterocycles. The molecule has 0 aromatic carbocycles. The van der Waals surface area contributed by atoms with E-state index in [0.29, 0.717) is 24.4 Å². The minimum absolute atomic E-state index is 0.191. The van der Waals surface area contributed by atoms with Crippen LogP contribution in [0.1, 0.15) is 18.7 Å². The molecular weight excluding hydrogens is 316 g/mol. The van der Waals surface area contributed by atoms with Gasteiger partial charge in [-0.05, 0) is 25.7 Å². The minimum atomic E-state index is 0.191. The summed E-state index contributed by atoms with van der Waals surface area (Å²) in [5.41, 5.74) is 0. The molecule has 7 heteroatoms. The molecule has 1 saturated heterocycles. The molecule has 3 atom stereocenters. The number of hydrogen-bond donors (Lipinski definition) is 0. The summed E-state index contributed by atoms with van der Waals surface area (Å²) in [5, 5.41) is 0. The Labute approximate surface area is 147 Å². The molecule has 2 aliphatic rings. The van der Waals surface area contributed by atoms with Crippen LogP contribution in [0.2, 0.25) is 0 Å². The Morgan fingerprint density at radius 3 is 2.84 bits per heavy atom. The van der Waals surface area contributed by atoms with Crippen LogP contribution in [-0.2, 0) is 11.3 Å². The number of anilines is 1. The molecule has 1 aliphatic carbocycles. The number of fused-ring (bicyclic) bond motifs is 1. The summed E-state index contributed by atoms with van der Waals surface area (Å²) < 4.78 is 1.92. The quantitative estimate of drug-likeness (QED) is 0.841. The van der Waals surface area contributed by atoms with Crippen molar-refractivity contribution in [2.45, 2.75) is 32.4 Å². The van der Waals surface area contributed by atoms with E-state index in [2.05, 4.69) is 26.9 Å². The van der Waals surface area contributed by atoms with Gasteiger partial charge in [0.1, 0.15) is 18.2 Å². The highest BCUT2D eigenvalue weighted by atomic mass is 16.2. The van der Waals surface area contributed by atoms with Gasteiger partial charge in [0, 0.05) is 56.9 Å². The maximum Gasteiger partial charge on any atom is 0.242 e. The number of rotatable bonds is 4. The summed E-state index contributed by atoms with van der Waals surface area (Å²) in [6, 6.07) is 0.425. The van der Waals surface area contributed by atoms with Crippen molar-refractivity contribution >= 4 is 11.7 Å². The van der Waals surface area contributed by atoms with Gasteiger partial charge in [-0.3, -0.25) is 9.78 Å². The SMILES string of the molecule is Cc1nccn1CC(=O)N1C[C@H]2CC[C@@H](N(C)c3cnccn3)[C@H]2C1. The third-order valence-corrected chi connectivity index (χ3v) is 5.81. The predicted octanol–water partition coefficient (Wildman–Crippen LogP) is 1.35. The number of likely N-dealkylation sites (tertiary alicyclic amines) is 1. The van der Waals surface area contributed by atoms with E-state index in [1.807, 2.05) is 28.8 Å². The Balaban J connectivity index is 1.42. The summed E-state index contributed by atoms with van der Waals surface area (Å²) in [6.45, 7) is 4.03. The lowest BCUT2D eigenvalue weighted by Crippen LogP contribution is -2.39. The molecule has 2 aromatic heterocycles. The highest BCUT2D eigenvalue weighted by molar-refractivity contribution is 5.76. The first-order valence-corrected chi connectivity index (χ1v) is 8.88. The second-order valence-corrected chi connectivity index (χ2v) is 7.14. The van der Waals surface area contributed by atoms with E-state index in [4.69, 9.17) is 0 Å². The van der Waals surface area contributed by atoms with E-state index < -0.39 is 0 Å². The molecule has 4 rings (SSSR count). The zero-order valence-electron chi connectivity index (χ0n) is 14.7. The number of carbonyl (C=O) groups is 1. The van der Waals surface area contributed by atoms with Crippen LogP contribution >= 0.6 is 0 Å². The normalized spacial score (nSPS) is 25.2. The number of nitrogens with zero attached hydrogens (tertiary/aromatic N) is 6. The van der Waals surface area contributed by atoms with Crippen molar-refractivity contribution in [3.63, 3.8) is 0 Å². The largest absolute Gasteiger partial charge is 0.355 e. The summed E-state index contributed by atoms with van der Waals surface area (Å²) in [6.07, 6.45) is 11.2. The number of amides is 1. The lowest BCUT2D eigenvalue weighted by atomic mass is 9.97. The fourth-order valence-corrected chi connectivity index (χ4v) is 4.38. The van der Waals surface area contributed by atoms with Crippen LogP contribution in [0, 0.1) is 18.8 Å². The lowest BCUT2D eigenvalue weighted by Gasteiger charge is -2.30. The molecule has 132 valence electrons. The second kappa shape index (κ2) is 6.46. The van der Waals surface area contributed by atoms with E-state index >= 15 is 0 Å². The second-order valence-electron chi connectivity index (χ2n) is 7.14. The average molecular weight is 340 g/mol. The molecule has 0 spiro atoms. The molecule has 2 aromatic rings. The van der Waals surface area contributed by atoms with Crippen LogP contribution in [-0.4, -0.2) is 56.5 Å². The Hall–Kier alpha value is -2.44. The van der Waals surface area contributed by atoms with Crippen LogP contribution in [0.25, 0.3) is 0 Å². The van der Waals surface area contributed by atoms with E-state index in [1.54, 1.807) is 18.6 Å². The van der Waals surface area contributed by atoms with Crippen LogP contribution in [0.3, 0.4) is 0 Å². The van der Waals surface area contributed by atoms with E-state index in [-0.39, 0.29) is 5.91 Å². The van der Waals surface area contributed by atoms with Gasteiger partial charge in [0.2, 0.25) is 5.91 Å². The molecule has 2 fully saturated rings. The van der Waals surface area contributed by atoms with Crippen molar-refractivity contribution in [1.82, 2.24) is 24.4 Å². The first kappa shape index (κ1) is 16.1. The van der Waals surface area contributed by atoms with Crippen LogP contribution in [0.4, 0.5) is 5.82 Å². The molecule has 0 N–H and O–H groups in total. The van der Waals surface area contributed by atoms with Crippen molar-refractivity contribution < 1.29 is 4.79 Å². The minimum Gasteiger partial charge on any atom is -0.355 e. The molecule has 0 bridgehead atoms. The summed E-state index contributed by atoms with van der Waals surface area (Å²) >= 11 is 0. The van der Waals surface area contributed by atoms with Gasteiger partial charge < -0.3 is 14.4 Å². The molecule has 0 radical (unpaired) electrons. The van der Waals surface area contributed by atoms with Gasteiger partial charge in [-0.15, -0.1) is 0 Å². The topological polar surface area (TPSA) is 67.2 Å². The maximum absolute atomic E-state index is 12.7. The van der Waals surface area contributed by atoms with Crippen LogP contribution in [0.5, 0.6) is 0 Å². The summed E-state index contributed by atoms with van der Waals surface area (Å²) in [5.74, 6) is 3.09. The standard InChI is InChI=1S/C18H24N6O/c1-13-20-7-8-23(13)12-18(25)24-10-14-3-4-16(15(14)11-24)22(2)17-9-19-5-6-21-17/h5-9,14-16H,3-4,10-12H2,1-2H3/t14-,15+,16-/m1/s1. The number of aromatic nitrogens is 4. The van der Waals surface area contributed by atoms with Crippen molar-refractivity contribution in [2.75, 3.05) is 25.0 Å². The summed E-state index contributed by atoms with van der Waals surface area (Å²) in [4.78, 5) is 29.8. The van der Waals surface area contributed by atoms with E-state index in [0.717, 1.165) is 31.2 Å². The van der Waals surface area contributed by atoms with E-state index in [9.17, 15) is 4.79 Å². The number of aryl methyl sites for hydroxylation is 1. The van der Waals surface area contributed by atoms with Gasteiger partial charge in [-0.25, -0.2) is 9.97 Å². The molecule has 1 amide bonds. The van der Waals surface area contributed by atoms with Crippen molar-refractivity contribution in [1.29, 1.82) is 0 Å². The smallest absolute Gasteiger partial charge is 0.242 e. The molecule has 1 saturated carbocycles. The number of carbonyl (C=O) groups excluding carboxylic acids is 1. The van der Waals surface area contributed by atoms with Crippen LogP contribution in [0.15, 0.2) is 31.0 Å². The zero-order valence-corrected chi connectivity index (χ0v) is 14.7. The zero-order chi connectivity index (χ0) is 17.4. The fourth-order valence-electron chi connectivity index (χ4n) is 4.38. The Kier molecular flexibility index (Phi) is 4.15. The highest BCUT2D eigenvalue weighted by Gasteiger charge is 2.45. The van der Waals surface area contributed by atoms with Crippen LogP contribution < -0.4 is 4.90 Å². The molecule has 7 nitrogen and oxygen atoms in total. The van der Waals surface area contributed by atoms with Gasteiger partial charge in [-0.1, -0.05) is 0 Å². The fraction of sp³-hybridized carbons (Fsp3) is 0.556. The maximum atomic E-state index is 12.7. The molecular formula is C18H24N6O. The van der Waals surface area contributed by atoms with E-state index in [1.165, 1.54) is 6.42 Å². The van der Waals surface area contributed by atoms with Gasteiger partial charge in [0.05, 0.1) is 6.20 Å². The monoisotopic (exact) mass is 340 g/mol. The summed E-state index contributed by atoms with van der Waals surface area (Å²) in [7, 11) is 2.09. The highest BCUT2D eigenvalue weighted by Crippen LogP contribution is 2.41. The lowest BCUT2D eigenvalue weighted by molar-refractivity contribution is -0.131. The average Bonchev–Trinajstić information content (AvgIpc) is 3.31. The third-order valence-electron chi connectivity index (χ3n) is 5.81. The molecule has 1 aliphatic heterocycles.